The van der Waals surface area contributed by atoms with Gasteiger partial charge in [-0.3, -0.25) is 14.8 Å². The molecule has 0 radical (unpaired) electrons. The number of imide groups is 1. The number of carbonyl (C=O) groups excluding carboxylic acids is 2. The summed E-state index contributed by atoms with van der Waals surface area (Å²) in [6.07, 6.45) is 3.69. The van der Waals surface area contributed by atoms with Crippen molar-refractivity contribution in [2.45, 2.75) is 0 Å². The van der Waals surface area contributed by atoms with Crippen molar-refractivity contribution < 1.29 is 9.59 Å². The molecule has 27 heavy (non-hydrogen) atoms. The second kappa shape index (κ2) is 7.35. The molecule has 2 aromatic heterocycles. The molecule has 1 N–H and O–H groups in total. The molecule has 4 rings (SSSR count). The zero-order chi connectivity index (χ0) is 18.6. The van der Waals surface area contributed by atoms with Gasteiger partial charge in [0.2, 0.25) is 6.41 Å². The lowest BCUT2D eigenvalue weighted by Crippen LogP contribution is -2.33. The van der Waals surface area contributed by atoms with Crippen LogP contribution in [0.5, 0.6) is 0 Å². The van der Waals surface area contributed by atoms with Gasteiger partial charge < -0.3 is 5.32 Å². The molecule has 0 saturated heterocycles. The highest BCUT2D eigenvalue weighted by Crippen LogP contribution is 2.26. The Morgan fingerprint density at radius 1 is 1.00 bits per heavy atom. The van der Waals surface area contributed by atoms with Crippen LogP contribution in [0, 0.1) is 0 Å². The van der Waals surface area contributed by atoms with Gasteiger partial charge in [-0.1, -0.05) is 12.1 Å². The Hall–Kier alpha value is -3.58. The van der Waals surface area contributed by atoms with Crippen LogP contribution in [-0.4, -0.2) is 22.4 Å². The number of anilines is 2. The highest BCUT2D eigenvalue weighted by molar-refractivity contribution is 7.08. The van der Waals surface area contributed by atoms with Crippen molar-refractivity contribution in [3.05, 3.63) is 71.7 Å². The Labute approximate surface area is 159 Å². The Morgan fingerprint density at radius 3 is 2.63 bits per heavy atom. The summed E-state index contributed by atoms with van der Waals surface area (Å²) in [7, 11) is 0. The van der Waals surface area contributed by atoms with E-state index in [9.17, 15) is 9.59 Å². The standard InChI is InChI=1S/C20H14N4O2S/c25-13-24(17-3-1-2-14(10-17)15-6-9-27-12-15)20(26)23-16-4-5-18-19(11-16)22-8-7-21-18/h1-13H,(H,23,26). The Kier molecular flexibility index (Phi) is 4.59. The molecule has 6 nitrogen and oxygen atoms in total. The number of aromatic nitrogens is 2. The summed E-state index contributed by atoms with van der Waals surface area (Å²) in [5.41, 5.74) is 4.40. The Bertz CT molecular complexity index is 1110. The maximum Gasteiger partial charge on any atom is 0.332 e. The van der Waals surface area contributed by atoms with Gasteiger partial charge in [0.25, 0.3) is 0 Å². The van der Waals surface area contributed by atoms with Crippen LogP contribution in [0.2, 0.25) is 0 Å². The number of hydrogen-bond donors (Lipinski definition) is 1. The van der Waals surface area contributed by atoms with Crippen LogP contribution in [0.1, 0.15) is 0 Å². The van der Waals surface area contributed by atoms with Crippen molar-refractivity contribution >= 4 is 46.2 Å². The normalized spacial score (nSPS) is 10.5. The van der Waals surface area contributed by atoms with Crippen LogP contribution in [0.4, 0.5) is 16.2 Å². The van der Waals surface area contributed by atoms with Crippen molar-refractivity contribution in [1.29, 1.82) is 0 Å². The molecule has 3 amide bonds. The van der Waals surface area contributed by atoms with E-state index >= 15 is 0 Å². The molecule has 132 valence electrons. The van der Waals surface area contributed by atoms with Crippen LogP contribution in [-0.2, 0) is 4.79 Å². The van der Waals surface area contributed by atoms with Crippen molar-refractivity contribution in [1.82, 2.24) is 9.97 Å². The molecule has 0 atom stereocenters. The fourth-order valence-corrected chi connectivity index (χ4v) is 3.38. The first-order valence-corrected chi connectivity index (χ1v) is 9.08. The minimum Gasteiger partial charge on any atom is -0.307 e. The highest BCUT2D eigenvalue weighted by Gasteiger charge is 2.16. The Morgan fingerprint density at radius 2 is 1.85 bits per heavy atom. The monoisotopic (exact) mass is 374 g/mol. The number of thiophene rings is 1. The molecular formula is C20H14N4O2S. The van der Waals surface area contributed by atoms with E-state index in [-0.39, 0.29) is 0 Å². The molecule has 2 aromatic carbocycles. The van der Waals surface area contributed by atoms with Crippen LogP contribution in [0.3, 0.4) is 0 Å². The molecule has 0 aliphatic rings. The van der Waals surface area contributed by atoms with Crippen molar-refractivity contribution in [2.75, 3.05) is 10.2 Å². The van der Waals surface area contributed by atoms with E-state index in [1.54, 1.807) is 48.0 Å². The number of hydrogen-bond acceptors (Lipinski definition) is 5. The number of rotatable bonds is 4. The van der Waals surface area contributed by atoms with E-state index in [1.165, 1.54) is 0 Å². The smallest absolute Gasteiger partial charge is 0.307 e. The maximum absolute atomic E-state index is 12.6. The molecule has 0 unspecified atom stereocenters. The molecule has 0 bridgehead atoms. The number of nitrogens with one attached hydrogen (secondary N) is 1. The number of amides is 3. The lowest BCUT2D eigenvalue weighted by molar-refractivity contribution is -0.106. The SMILES string of the molecule is O=CN(C(=O)Nc1ccc2nccnc2c1)c1cccc(-c2ccsc2)c1. The van der Waals surface area contributed by atoms with Gasteiger partial charge in [-0.05, 0) is 58.3 Å². The van der Waals surface area contributed by atoms with Crippen molar-refractivity contribution in [3.63, 3.8) is 0 Å². The average molecular weight is 374 g/mol. The molecular weight excluding hydrogens is 360 g/mol. The van der Waals surface area contributed by atoms with E-state index in [4.69, 9.17) is 0 Å². The van der Waals surface area contributed by atoms with E-state index in [0.717, 1.165) is 21.5 Å². The first kappa shape index (κ1) is 16.9. The van der Waals surface area contributed by atoms with E-state index in [0.29, 0.717) is 23.3 Å². The third-order valence-electron chi connectivity index (χ3n) is 4.02. The summed E-state index contributed by atoms with van der Waals surface area (Å²) in [4.78, 5) is 33.7. The average Bonchev–Trinajstić information content (AvgIpc) is 3.24. The largest absolute Gasteiger partial charge is 0.332 e. The summed E-state index contributed by atoms with van der Waals surface area (Å²) >= 11 is 1.59. The van der Waals surface area contributed by atoms with Gasteiger partial charge in [-0.25, -0.2) is 9.69 Å². The summed E-state index contributed by atoms with van der Waals surface area (Å²) in [5, 5.41) is 6.72. The zero-order valence-electron chi connectivity index (χ0n) is 14.1. The third kappa shape index (κ3) is 3.54. The van der Waals surface area contributed by atoms with Gasteiger partial charge in [0.15, 0.2) is 0 Å². The van der Waals surface area contributed by atoms with E-state index in [2.05, 4.69) is 15.3 Å². The molecule has 2 heterocycles. The fourth-order valence-electron chi connectivity index (χ4n) is 2.71. The van der Waals surface area contributed by atoms with Crippen LogP contribution < -0.4 is 10.2 Å². The van der Waals surface area contributed by atoms with Gasteiger partial charge >= 0.3 is 6.03 Å². The maximum atomic E-state index is 12.6. The topological polar surface area (TPSA) is 75.2 Å². The number of nitrogens with zero attached hydrogens (tertiary/aromatic N) is 3. The summed E-state index contributed by atoms with van der Waals surface area (Å²) < 4.78 is 0. The van der Waals surface area contributed by atoms with Gasteiger partial charge in [-0.15, -0.1) is 0 Å². The zero-order valence-corrected chi connectivity index (χ0v) is 14.9. The predicted molar refractivity (Wildman–Crippen MR) is 107 cm³/mol. The van der Waals surface area contributed by atoms with Gasteiger partial charge in [0, 0.05) is 18.1 Å². The first-order chi connectivity index (χ1) is 13.2. The second-order valence-corrected chi connectivity index (χ2v) is 6.51. The van der Waals surface area contributed by atoms with Gasteiger partial charge in [0.05, 0.1) is 16.7 Å². The number of fused-ring (bicyclic) bond motifs is 1. The molecule has 4 aromatic rings. The lowest BCUT2D eigenvalue weighted by atomic mass is 10.1. The quantitative estimate of drug-likeness (QED) is 0.532. The first-order valence-electron chi connectivity index (χ1n) is 8.13. The molecule has 7 heteroatoms. The molecule has 0 spiro atoms. The third-order valence-corrected chi connectivity index (χ3v) is 4.71. The number of benzene rings is 2. The van der Waals surface area contributed by atoms with Crippen LogP contribution in [0.15, 0.2) is 71.7 Å². The number of carbonyl (C=O) groups is 2. The van der Waals surface area contributed by atoms with Crippen LogP contribution >= 0.6 is 11.3 Å². The fraction of sp³-hybridized carbons (Fsp3) is 0. The van der Waals surface area contributed by atoms with Gasteiger partial charge in [-0.2, -0.15) is 11.3 Å². The minimum absolute atomic E-state index is 0.492. The minimum atomic E-state index is -0.546. The molecule has 0 saturated carbocycles. The summed E-state index contributed by atoms with van der Waals surface area (Å²) in [5.74, 6) is 0. The predicted octanol–water partition coefficient (Wildman–Crippen LogP) is 4.55. The van der Waals surface area contributed by atoms with E-state index < -0.39 is 6.03 Å². The Balaban J connectivity index is 1.59. The lowest BCUT2D eigenvalue weighted by Gasteiger charge is -2.17. The van der Waals surface area contributed by atoms with E-state index in [1.807, 2.05) is 35.0 Å². The number of urea groups is 1. The summed E-state index contributed by atoms with van der Waals surface area (Å²) in [6.45, 7) is 0. The second-order valence-electron chi connectivity index (χ2n) is 5.73. The van der Waals surface area contributed by atoms with Crippen molar-refractivity contribution in [2.24, 2.45) is 0 Å². The van der Waals surface area contributed by atoms with Gasteiger partial charge in [0.1, 0.15) is 0 Å². The highest BCUT2D eigenvalue weighted by atomic mass is 32.1. The summed E-state index contributed by atoms with van der Waals surface area (Å²) in [6, 6.07) is 13.9. The molecule has 0 fully saturated rings. The van der Waals surface area contributed by atoms with Crippen LogP contribution in [0.25, 0.3) is 22.2 Å². The molecule has 0 aliphatic carbocycles. The van der Waals surface area contributed by atoms with Crippen molar-refractivity contribution in [3.8, 4) is 11.1 Å². The molecule has 0 aliphatic heterocycles.